The lowest BCUT2D eigenvalue weighted by Crippen LogP contribution is -2.38. The number of rotatable bonds is 4. The highest BCUT2D eigenvalue weighted by Gasteiger charge is 2.47. The van der Waals surface area contributed by atoms with Gasteiger partial charge in [-0.2, -0.15) is 0 Å². The van der Waals surface area contributed by atoms with E-state index in [1.54, 1.807) is 21.1 Å². The number of carbonyl (C=O) groups is 1. The van der Waals surface area contributed by atoms with E-state index < -0.39 is 0 Å². The molecule has 0 bridgehead atoms. The molecule has 1 fully saturated rings. The van der Waals surface area contributed by atoms with Gasteiger partial charge < -0.3 is 9.47 Å². The summed E-state index contributed by atoms with van der Waals surface area (Å²) in [5.74, 6) is 3.45. The number of ether oxygens (including phenoxy) is 2. The number of ketones is 1. The van der Waals surface area contributed by atoms with Gasteiger partial charge in [-0.1, -0.05) is 11.6 Å². The van der Waals surface area contributed by atoms with E-state index in [2.05, 4.69) is 18.2 Å². The first kappa shape index (κ1) is 16.8. The van der Waals surface area contributed by atoms with Gasteiger partial charge in [0.1, 0.15) is 5.75 Å². The number of fused-ring (bicyclic) bond motifs is 5. The molecule has 0 spiro atoms. The fourth-order valence-corrected chi connectivity index (χ4v) is 5.82. The highest BCUT2D eigenvalue weighted by atomic mass is 16.5. The normalized spacial score (nSPS) is 30.5. The van der Waals surface area contributed by atoms with Crippen molar-refractivity contribution in [3.8, 4) is 5.75 Å². The van der Waals surface area contributed by atoms with Crippen molar-refractivity contribution in [2.45, 2.75) is 44.9 Å². The van der Waals surface area contributed by atoms with Gasteiger partial charge in [-0.05, 0) is 91.5 Å². The standard InChI is InChI=1S/C22H28O3/c1-13(23)17-8-9-18-19-7-5-14-4-6-16(25-3)11-20(14)22(19)15(12-24-2)10-21(17)18/h4,6,11,15,18-19,22H,5,7-10,12H2,1-3H3/t15-,18+,19+,22+/m1/s1. The van der Waals surface area contributed by atoms with E-state index in [0.717, 1.165) is 43.6 Å². The highest BCUT2D eigenvalue weighted by Crippen LogP contribution is 2.57. The van der Waals surface area contributed by atoms with Crippen LogP contribution in [0.4, 0.5) is 0 Å². The first-order valence-electron chi connectivity index (χ1n) is 9.52. The summed E-state index contributed by atoms with van der Waals surface area (Å²) < 4.78 is 11.1. The van der Waals surface area contributed by atoms with Gasteiger partial charge in [0, 0.05) is 13.7 Å². The summed E-state index contributed by atoms with van der Waals surface area (Å²) in [4.78, 5) is 12.1. The Labute approximate surface area is 150 Å². The van der Waals surface area contributed by atoms with Crippen molar-refractivity contribution in [1.82, 2.24) is 0 Å². The van der Waals surface area contributed by atoms with Crippen molar-refractivity contribution in [3.63, 3.8) is 0 Å². The van der Waals surface area contributed by atoms with Crippen LogP contribution in [-0.4, -0.2) is 26.6 Å². The molecule has 1 aromatic carbocycles. The van der Waals surface area contributed by atoms with E-state index in [9.17, 15) is 4.79 Å². The van der Waals surface area contributed by atoms with Gasteiger partial charge in [0.25, 0.3) is 0 Å². The summed E-state index contributed by atoms with van der Waals surface area (Å²) in [5, 5.41) is 0. The zero-order valence-electron chi connectivity index (χ0n) is 15.5. The predicted octanol–water partition coefficient (Wildman–Crippen LogP) is 4.30. The van der Waals surface area contributed by atoms with Gasteiger partial charge in [-0.3, -0.25) is 4.79 Å². The largest absolute Gasteiger partial charge is 0.497 e. The van der Waals surface area contributed by atoms with Crippen molar-refractivity contribution in [3.05, 3.63) is 40.5 Å². The van der Waals surface area contributed by atoms with Gasteiger partial charge in [0.2, 0.25) is 0 Å². The number of allylic oxidation sites excluding steroid dienone is 2. The topological polar surface area (TPSA) is 35.5 Å². The molecule has 0 aromatic heterocycles. The molecule has 134 valence electrons. The lowest BCUT2D eigenvalue weighted by molar-refractivity contribution is -0.113. The molecule has 3 heteroatoms. The minimum absolute atomic E-state index is 0.282. The van der Waals surface area contributed by atoms with Crippen LogP contribution in [0.5, 0.6) is 5.75 Å². The van der Waals surface area contributed by atoms with E-state index in [-0.39, 0.29) is 5.78 Å². The summed E-state index contributed by atoms with van der Waals surface area (Å²) in [5.41, 5.74) is 5.52. The van der Waals surface area contributed by atoms with Crippen LogP contribution >= 0.6 is 0 Å². The van der Waals surface area contributed by atoms with Crippen LogP contribution in [0.1, 0.15) is 49.7 Å². The molecular formula is C22H28O3. The molecule has 3 aliphatic rings. The third-order valence-electron chi connectivity index (χ3n) is 6.77. The van der Waals surface area contributed by atoms with Crippen LogP contribution in [0.2, 0.25) is 0 Å². The third kappa shape index (κ3) is 2.73. The van der Waals surface area contributed by atoms with E-state index in [0.29, 0.717) is 23.7 Å². The highest BCUT2D eigenvalue weighted by molar-refractivity contribution is 5.94. The van der Waals surface area contributed by atoms with Gasteiger partial charge in [0.05, 0.1) is 7.11 Å². The van der Waals surface area contributed by atoms with Crippen LogP contribution < -0.4 is 4.74 Å². The molecule has 0 radical (unpaired) electrons. The van der Waals surface area contributed by atoms with Crippen molar-refractivity contribution in [2.24, 2.45) is 17.8 Å². The molecule has 3 nitrogen and oxygen atoms in total. The van der Waals surface area contributed by atoms with Gasteiger partial charge >= 0.3 is 0 Å². The van der Waals surface area contributed by atoms with Gasteiger partial charge in [0.15, 0.2) is 5.78 Å². The molecule has 1 aromatic rings. The van der Waals surface area contributed by atoms with Gasteiger partial charge in [-0.25, -0.2) is 0 Å². The number of benzene rings is 1. The minimum Gasteiger partial charge on any atom is -0.497 e. The first-order valence-corrected chi connectivity index (χ1v) is 9.52. The molecule has 4 atom stereocenters. The average molecular weight is 340 g/mol. The Kier molecular flexibility index (Phi) is 4.45. The summed E-state index contributed by atoms with van der Waals surface area (Å²) in [6.45, 7) is 2.50. The number of aryl methyl sites for hydroxylation is 1. The van der Waals surface area contributed by atoms with E-state index in [1.807, 2.05) is 0 Å². The fourth-order valence-electron chi connectivity index (χ4n) is 5.82. The summed E-state index contributed by atoms with van der Waals surface area (Å²) in [6, 6.07) is 6.59. The van der Waals surface area contributed by atoms with Gasteiger partial charge in [-0.15, -0.1) is 0 Å². The number of carbonyl (C=O) groups excluding carboxylic acids is 1. The number of hydrogen-bond donors (Lipinski definition) is 0. The Balaban J connectivity index is 1.78. The van der Waals surface area contributed by atoms with Crippen molar-refractivity contribution in [1.29, 1.82) is 0 Å². The molecule has 0 N–H and O–H groups in total. The fraction of sp³-hybridized carbons (Fsp3) is 0.591. The third-order valence-corrected chi connectivity index (χ3v) is 6.77. The lowest BCUT2D eigenvalue weighted by atomic mass is 9.58. The summed E-state index contributed by atoms with van der Waals surface area (Å²) in [7, 11) is 3.54. The van der Waals surface area contributed by atoms with Crippen LogP contribution in [-0.2, 0) is 16.0 Å². The first-order chi connectivity index (χ1) is 12.1. The Bertz CT molecular complexity index is 718. The zero-order valence-corrected chi connectivity index (χ0v) is 15.5. The van der Waals surface area contributed by atoms with Crippen LogP contribution in [0.25, 0.3) is 0 Å². The maximum atomic E-state index is 12.1. The van der Waals surface area contributed by atoms with Crippen LogP contribution in [0, 0.1) is 17.8 Å². The van der Waals surface area contributed by atoms with E-state index >= 15 is 0 Å². The predicted molar refractivity (Wildman–Crippen MR) is 98.0 cm³/mol. The Morgan fingerprint density at radius 2 is 2.04 bits per heavy atom. The molecule has 3 aliphatic carbocycles. The molecular weight excluding hydrogens is 312 g/mol. The second-order valence-electron chi connectivity index (χ2n) is 7.92. The molecule has 0 aliphatic heterocycles. The Morgan fingerprint density at radius 3 is 2.76 bits per heavy atom. The monoisotopic (exact) mass is 340 g/mol. The van der Waals surface area contributed by atoms with Crippen molar-refractivity contribution < 1.29 is 14.3 Å². The molecule has 1 saturated carbocycles. The molecule has 0 heterocycles. The smallest absolute Gasteiger partial charge is 0.155 e. The summed E-state index contributed by atoms with van der Waals surface area (Å²) >= 11 is 0. The van der Waals surface area contributed by atoms with Crippen molar-refractivity contribution in [2.75, 3.05) is 20.8 Å². The number of methoxy groups -OCH3 is 2. The minimum atomic E-state index is 0.282. The number of hydrogen-bond acceptors (Lipinski definition) is 3. The van der Waals surface area contributed by atoms with E-state index in [1.165, 1.54) is 23.1 Å². The molecule has 0 saturated heterocycles. The van der Waals surface area contributed by atoms with Crippen LogP contribution in [0.3, 0.4) is 0 Å². The number of Topliss-reactive ketones (excluding diaryl/α,β-unsaturated/α-hetero) is 1. The maximum Gasteiger partial charge on any atom is 0.155 e. The molecule has 25 heavy (non-hydrogen) atoms. The average Bonchev–Trinajstić information content (AvgIpc) is 3.05. The molecule has 0 unspecified atom stereocenters. The lowest BCUT2D eigenvalue weighted by Gasteiger charge is -2.47. The van der Waals surface area contributed by atoms with Crippen molar-refractivity contribution >= 4 is 5.78 Å². The molecule has 4 rings (SSSR count). The second-order valence-corrected chi connectivity index (χ2v) is 7.92. The zero-order chi connectivity index (χ0) is 17.6. The van der Waals surface area contributed by atoms with Crippen LogP contribution in [0.15, 0.2) is 29.3 Å². The Hall–Kier alpha value is -1.61. The maximum absolute atomic E-state index is 12.1. The second kappa shape index (κ2) is 6.60. The SMILES string of the molecule is COC[C@H]1CC2=C(C(C)=O)CC[C@H]2[C@@H]2CCc3ccc(OC)cc3[C@@H]12. The quantitative estimate of drug-likeness (QED) is 0.819. The van der Waals surface area contributed by atoms with E-state index in [4.69, 9.17) is 9.47 Å². The Morgan fingerprint density at radius 1 is 1.20 bits per heavy atom. The summed E-state index contributed by atoms with van der Waals surface area (Å²) in [6.07, 6.45) is 5.52. The molecule has 0 amide bonds.